The van der Waals surface area contributed by atoms with Crippen LogP contribution in [0.3, 0.4) is 0 Å². The number of ether oxygens (including phenoxy) is 2. The fourth-order valence-electron chi connectivity index (χ4n) is 2.11. The van der Waals surface area contributed by atoms with E-state index in [1.54, 1.807) is 44.5 Å². The minimum atomic E-state index is -0.373. The molecule has 0 radical (unpaired) electrons. The van der Waals surface area contributed by atoms with Gasteiger partial charge in [0.25, 0.3) is 0 Å². The van der Waals surface area contributed by atoms with Gasteiger partial charge in [-0.3, -0.25) is 0 Å². The molecule has 0 amide bonds. The van der Waals surface area contributed by atoms with E-state index in [1.165, 1.54) is 0 Å². The average molecular weight is 316 g/mol. The summed E-state index contributed by atoms with van der Waals surface area (Å²) in [5.41, 5.74) is 2.33. The molecule has 0 atom stereocenters. The number of rotatable bonds is 7. The zero-order valence-electron chi connectivity index (χ0n) is 13.3. The zero-order chi connectivity index (χ0) is 16.7. The van der Waals surface area contributed by atoms with Crippen molar-refractivity contribution < 1.29 is 19.4 Å². The van der Waals surface area contributed by atoms with Crippen LogP contribution >= 0.6 is 0 Å². The first-order valence-electron chi connectivity index (χ1n) is 7.47. The predicted molar refractivity (Wildman–Crippen MR) is 85.3 cm³/mol. The van der Waals surface area contributed by atoms with Crippen molar-refractivity contribution in [3.63, 3.8) is 0 Å². The Morgan fingerprint density at radius 1 is 1.26 bits per heavy atom. The molecule has 0 bridgehead atoms. The van der Waals surface area contributed by atoms with Gasteiger partial charge in [0.2, 0.25) is 5.88 Å². The summed E-state index contributed by atoms with van der Waals surface area (Å²) in [4.78, 5) is 20.1. The van der Waals surface area contributed by atoms with Gasteiger partial charge in [-0.05, 0) is 31.9 Å². The molecule has 1 N–H and O–H groups in total. The minimum absolute atomic E-state index is 0.135. The standard InChI is InChI=1S/C17H20N2O4/c1-3-23-17(21)13-8-6-12(7-9-13)15-16(20)18-11-14(19-15)5-4-10-22-2/h6-9,11H,3-5,10H2,1-2H3,(H,18,20). The molecule has 2 rings (SSSR count). The summed E-state index contributed by atoms with van der Waals surface area (Å²) in [5.74, 6) is -0.507. The maximum atomic E-state index is 11.6. The summed E-state index contributed by atoms with van der Waals surface area (Å²) in [6, 6.07) is 6.72. The third-order valence-corrected chi connectivity index (χ3v) is 3.25. The number of hydrogen-bond donors (Lipinski definition) is 1. The van der Waals surface area contributed by atoms with Crippen molar-refractivity contribution in [2.75, 3.05) is 20.3 Å². The predicted octanol–water partition coefficient (Wildman–Crippen LogP) is 2.60. The van der Waals surface area contributed by atoms with E-state index in [4.69, 9.17) is 9.47 Å². The van der Waals surface area contributed by atoms with E-state index in [0.29, 0.717) is 30.0 Å². The Morgan fingerprint density at radius 2 is 2.00 bits per heavy atom. The second-order valence-electron chi connectivity index (χ2n) is 4.93. The molecule has 122 valence electrons. The Bertz CT molecular complexity index is 656. The van der Waals surface area contributed by atoms with Crippen molar-refractivity contribution in [3.05, 3.63) is 41.7 Å². The molecule has 0 aliphatic heterocycles. The van der Waals surface area contributed by atoms with Crippen LogP contribution in [0, 0.1) is 0 Å². The van der Waals surface area contributed by atoms with Gasteiger partial charge in [0.05, 0.1) is 24.1 Å². The maximum Gasteiger partial charge on any atom is 0.338 e. The number of aryl methyl sites for hydroxylation is 1. The first kappa shape index (κ1) is 16.9. The largest absolute Gasteiger partial charge is 0.492 e. The topological polar surface area (TPSA) is 81.5 Å². The van der Waals surface area contributed by atoms with Crippen molar-refractivity contribution in [2.24, 2.45) is 0 Å². The van der Waals surface area contributed by atoms with Gasteiger partial charge in [-0.2, -0.15) is 0 Å². The molecule has 1 aromatic heterocycles. The van der Waals surface area contributed by atoms with Crippen molar-refractivity contribution in [2.45, 2.75) is 19.8 Å². The van der Waals surface area contributed by atoms with E-state index in [0.717, 1.165) is 18.5 Å². The summed E-state index contributed by atoms with van der Waals surface area (Å²) >= 11 is 0. The number of aromatic hydroxyl groups is 1. The number of methoxy groups -OCH3 is 1. The monoisotopic (exact) mass is 316 g/mol. The van der Waals surface area contributed by atoms with Crippen LogP contribution in [-0.4, -0.2) is 41.4 Å². The van der Waals surface area contributed by atoms with Crippen LogP contribution in [0.25, 0.3) is 11.3 Å². The van der Waals surface area contributed by atoms with Gasteiger partial charge in [0.1, 0.15) is 5.69 Å². The van der Waals surface area contributed by atoms with Crippen LogP contribution in [-0.2, 0) is 15.9 Å². The van der Waals surface area contributed by atoms with Crippen LogP contribution in [0.5, 0.6) is 5.88 Å². The van der Waals surface area contributed by atoms with Crippen molar-refractivity contribution in [1.82, 2.24) is 9.97 Å². The van der Waals surface area contributed by atoms with Gasteiger partial charge in [-0.1, -0.05) is 12.1 Å². The molecule has 6 nitrogen and oxygen atoms in total. The molecule has 0 unspecified atom stereocenters. The molecule has 1 aromatic carbocycles. The molecule has 1 heterocycles. The fraction of sp³-hybridized carbons (Fsp3) is 0.353. The SMILES string of the molecule is CCOC(=O)c1ccc(-c2nc(CCCOC)cnc2O)cc1. The van der Waals surface area contributed by atoms with Gasteiger partial charge in [0, 0.05) is 19.3 Å². The molecule has 0 spiro atoms. The van der Waals surface area contributed by atoms with E-state index in [2.05, 4.69) is 9.97 Å². The van der Waals surface area contributed by atoms with Crippen molar-refractivity contribution in [1.29, 1.82) is 0 Å². The van der Waals surface area contributed by atoms with E-state index in [9.17, 15) is 9.90 Å². The number of aromatic nitrogens is 2. The lowest BCUT2D eigenvalue weighted by atomic mass is 10.1. The van der Waals surface area contributed by atoms with Gasteiger partial charge in [-0.15, -0.1) is 0 Å². The number of hydrogen-bond acceptors (Lipinski definition) is 6. The number of benzene rings is 1. The third kappa shape index (κ3) is 4.50. The van der Waals surface area contributed by atoms with E-state index < -0.39 is 0 Å². The van der Waals surface area contributed by atoms with Crippen LogP contribution in [0.1, 0.15) is 29.4 Å². The molecular weight excluding hydrogens is 296 g/mol. The first-order valence-corrected chi connectivity index (χ1v) is 7.47. The highest BCUT2D eigenvalue weighted by molar-refractivity contribution is 5.90. The lowest BCUT2D eigenvalue weighted by Crippen LogP contribution is -2.04. The fourth-order valence-corrected chi connectivity index (χ4v) is 2.11. The molecule has 0 saturated heterocycles. The average Bonchev–Trinajstić information content (AvgIpc) is 2.57. The Labute approximate surface area is 135 Å². The summed E-state index contributed by atoms with van der Waals surface area (Å²) in [7, 11) is 1.65. The molecular formula is C17H20N2O4. The molecule has 0 aliphatic rings. The quantitative estimate of drug-likeness (QED) is 0.624. The summed E-state index contributed by atoms with van der Waals surface area (Å²) < 4.78 is 9.96. The normalized spacial score (nSPS) is 10.5. The Hall–Kier alpha value is -2.47. The van der Waals surface area contributed by atoms with E-state index >= 15 is 0 Å². The minimum Gasteiger partial charge on any atom is -0.492 e. The third-order valence-electron chi connectivity index (χ3n) is 3.25. The summed E-state index contributed by atoms with van der Waals surface area (Å²) in [5, 5.41) is 9.93. The van der Waals surface area contributed by atoms with Gasteiger partial charge >= 0.3 is 5.97 Å². The second-order valence-corrected chi connectivity index (χ2v) is 4.93. The maximum absolute atomic E-state index is 11.6. The van der Waals surface area contributed by atoms with Crippen LogP contribution in [0.15, 0.2) is 30.5 Å². The van der Waals surface area contributed by atoms with Crippen molar-refractivity contribution in [3.8, 4) is 17.1 Å². The number of carbonyl (C=O) groups is 1. The van der Waals surface area contributed by atoms with Crippen molar-refractivity contribution >= 4 is 5.97 Å². The van der Waals surface area contributed by atoms with Crippen LogP contribution in [0.4, 0.5) is 0 Å². The molecule has 2 aromatic rings. The lowest BCUT2D eigenvalue weighted by Gasteiger charge is -2.07. The second kappa shape index (κ2) is 8.24. The first-order chi connectivity index (χ1) is 11.2. The van der Waals surface area contributed by atoms with Crippen LogP contribution < -0.4 is 0 Å². The van der Waals surface area contributed by atoms with Gasteiger partial charge in [-0.25, -0.2) is 14.8 Å². The summed E-state index contributed by atoms with van der Waals surface area (Å²) in [6.45, 7) is 2.73. The lowest BCUT2D eigenvalue weighted by molar-refractivity contribution is 0.0526. The van der Waals surface area contributed by atoms with Crippen LogP contribution in [0.2, 0.25) is 0 Å². The van der Waals surface area contributed by atoms with Gasteiger partial charge < -0.3 is 14.6 Å². The highest BCUT2D eigenvalue weighted by Gasteiger charge is 2.11. The Morgan fingerprint density at radius 3 is 2.65 bits per heavy atom. The van der Waals surface area contributed by atoms with E-state index in [-0.39, 0.29) is 11.8 Å². The van der Waals surface area contributed by atoms with Gasteiger partial charge in [0.15, 0.2) is 0 Å². The molecule has 6 heteroatoms. The molecule has 0 aliphatic carbocycles. The summed E-state index contributed by atoms with van der Waals surface area (Å²) in [6.07, 6.45) is 3.10. The highest BCUT2D eigenvalue weighted by Crippen LogP contribution is 2.25. The number of nitrogens with zero attached hydrogens (tertiary/aromatic N) is 2. The number of carbonyl (C=O) groups excluding carboxylic acids is 1. The van der Waals surface area contributed by atoms with E-state index in [1.807, 2.05) is 0 Å². The molecule has 0 saturated carbocycles. The molecule has 23 heavy (non-hydrogen) atoms. The molecule has 0 fully saturated rings. The Kier molecular flexibility index (Phi) is 6.05. The Balaban J connectivity index is 2.20. The smallest absolute Gasteiger partial charge is 0.338 e. The zero-order valence-corrected chi connectivity index (χ0v) is 13.3. The number of esters is 1. The highest BCUT2D eigenvalue weighted by atomic mass is 16.5.